The molecule has 2 amide bonds. The van der Waals surface area contributed by atoms with E-state index >= 15 is 0 Å². The van der Waals surface area contributed by atoms with Gasteiger partial charge in [0, 0.05) is 16.1 Å². The van der Waals surface area contributed by atoms with Crippen LogP contribution in [-0.2, 0) is 9.84 Å². The fraction of sp³-hybridized carbons (Fsp3) is 0.250. The van der Waals surface area contributed by atoms with Crippen LogP contribution in [0.15, 0.2) is 62.8 Å². The van der Waals surface area contributed by atoms with Crippen LogP contribution in [0.25, 0.3) is 11.4 Å². The highest BCUT2D eigenvalue weighted by Crippen LogP contribution is 2.38. The van der Waals surface area contributed by atoms with Gasteiger partial charge in [-0.05, 0) is 49.7 Å². The molecular weight excluding hydrogens is 424 g/mol. The Bertz CT molecular complexity index is 1130. The first-order chi connectivity index (χ1) is 14.3. The smallest absolute Gasteiger partial charge is 0.316 e. The number of carbonyl (C=O) groups excluding carboxylic acids is 1. The van der Waals surface area contributed by atoms with Gasteiger partial charge in [-0.2, -0.15) is 4.98 Å². The predicted molar refractivity (Wildman–Crippen MR) is 116 cm³/mol. The van der Waals surface area contributed by atoms with Crippen molar-refractivity contribution in [2.45, 2.75) is 35.3 Å². The average molecular weight is 447 g/mol. The lowest BCUT2D eigenvalue weighted by Gasteiger charge is -2.12. The molecule has 1 atom stereocenters. The number of hydrogen-bond donors (Lipinski definition) is 2. The topological polar surface area (TPSA) is 128 Å². The van der Waals surface area contributed by atoms with E-state index in [4.69, 9.17) is 10.3 Å². The molecule has 1 unspecified atom stereocenters. The summed E-state index contributed by atoms with van der Waals surface area (Å²) < 4.78 is 30.5. The Labute approximate surface area is 179 Å². The Kier molecular flexibility index (Phi) is 6.78. The van der Waals surface area contributed by atoms with Crippen molar-refractivity contribution in [3.8, 4) is 11.4 Å². The van der Waals surface area contributed by atoms with Crippen LogP contribution in [-0.4, -0.2) is 30.3 Å². The van der Waals surface area contributed by atoms with Crippen LogP contribution in [0.5, 0.6) is 0 Å². The Morgan fingerprint density at radius 1 is 1.20 bits per heavy atom. The molecule has 8 nitrogen and oxygen atoms in total. The third-order valence-corrected chi connectivity index (χ3v) is 7.43. The van der Waals surface area contributed by atoms with Gasteiger partial charge in [0.25, 0.3) is 0 Å². The lowest BCUT2D eigenvalue weighted by molar-refractivity contribution is 0.259. The molecular formula is C20H22N4O4S2. The number of amides is 2. The summed E-state index contributed by atoms with van der Waals surface area (Å²) in [6.07, 6.45) is 0.553. The first-order valence-corrected chi connectivity index (χ1v) is 11.8. The minimum absolute atomic E-state index is 0.101. The van der Waals surface area contributed by atoms with Crippen molar-refractivity contribution in [2.24, 2.45) is 5.73 Å². The van der Waals surface area contributed by atoms with Crippen molar-refractivity contribution in [3.63, 3.8) is 0 Å². The quantitative estimate of drug-likeness (QED) is 0.495. The molecule has 0 spiro atoms. The normalized spacial score (nSPS) is 12.5. The molecule has 30 heavy (non-hydrogen) atoms. The van der Waals surface area contributed by atoms with E-state index in [1.54, 1.807) is 48.5 Å². The summed E-state index contributed by atoms with van der Waals surface area (Å²) in [5.41, 5.74) is 6.37. The largest absolute Gasteiger partial charge is 0.351 e. The van der Waals surface area contributed by atoms with Crippen molar-refractivity contribution in [1.29, 1.82) is 0 Å². The van der Waals surface area contributed by atoms with Crippen molar-refractivity contribution < 1.29 is 17.7 Å². The van der Waals surface area contributed by atoms with Crippen LogP contribution in [0, 0.1) is 0 Å². The Morgan fingerprint density at radius 2 is 1.90 bits per heavy atom. The molecule has 0 aliphatic carbocycles. The van der Waals surface area contributed by atoms with E-state index in [1.807, 2.05) is 13.8 Å². The van der Waals surface area contributed by atoms with Crippen molar-refractivity contribution in [2.75, 3.05) is 11.1 Å². The van der Waals surface area contributed by atoms with E-state index in [0.29, 0.717) is 39.2 Å². The SMILES string of the molecule is CCCS(=O)(=O)c1ccccc1SC(C)c1nc(-c2ccc(NC(N)=O)cc2)no1. The molecule has 0 aliphatic rings. The summed E-state index contributed by atoms with van der Waals surface area (Å²) in [4.78, 5) is 16.3. The van der Waals surface area contributed by atoms with Crippen molar-refractivity contribution >= 4 is 33.3 Å². The first kappa shape index (κ1) is 21.8. The second-order valence-electron chi connectivity index (χ2n) is 6.55. The maximum absolute atomic E-state index is 12.6. The molecule has 158 valence electrons. The average Bonchev–Trinajstić information content (AvgIpc) is 3.19. The highest BCUT2D eigenvalue weighted by atomic mass is 32.2. The molecule has 0 bridgehead atoms. The number of sulfone groups is 1. The van der Waals surface area contributed by atoms with Gasteiger partial charge in [-0.15, -0.1) is 11.8 Å². The van der Waals surface area contributed by atoms with Crippen molar-refractivity contribution in [1.82, 2.24) is 10.1 Å². The molecule has 10 heteroatoms. The number of anilines is 1. The minimum Gasteiger partial charge on any atom is -0.351 e. The summed E-state index contributed by atoms with van der Waals surface area (Å²) in [5, 5.41) is 6.24. The van der Waals surface area contributed by atoms with Gasteiger partial charge < -0.3 is 15.6 Å². The molecule has 0 saturated carbocycles. The van der Waals surface area contributed by atoms with E-state index in [2.05, 4.69) is 15.5 Å². The third kappa shape index (κ3) is 5.19. The van der Waals surface area contributed by atoms with Crippen molar-refractivity contribution in [3.05, 3.63) is 54.4 Å². The zero-order chi connectivity index (χ0) is 21.7. The maximum atomic E-state index is 12.6. The molecule has 3 aromatic rings. The monoisotopic (exact) mass is 446 g/mol. The zero-order valence-electron chi connectivity index (χ0n) is 16.5. The number of rotatable bonds is 8. The molecule has 2 aromatic carbocycles. The van der Waals surface area contributed by atoms with Gasteiger partial charge in [-0.1, -0.05) is 24.2 Å². The second kappa shape index (κ2) is 9.31. The number of aromatic nitrogens is 2. The van der Waals surface area contributed by atoms with Gasteiger partial charge in [0.2, 0.25) is 11.7 Å². The zero-order valence-corrected chi connectivity index (χ0v) is 18.2. The van der Waals surface area contributed by atoms with Gasteiger partial charge >= 0.3 is 6.03 Å². The van der Waals surface area contributed by atoms with Gasteiger partial charge in [0.05, 0.1) is 15.9 Å². The summed E-state index contributed by atoms with van der Waals surface area (Å²) in [6, 6.07) is 13.1. The number of nitrogens with one attached hydrogen (secondary N) is 1. The summed E-state index contributed by atoms with van der Waals surface area (Å²) in [6.45, 7) is 3.72. The second-order valence-corrected chi connectivity index (χ2v) is 10.0. The predicted octanol–water partition coefficient (Wildman–Crippen LogP) is 4.26. The van der Waals surface area contributed by atoms with Crippen LogP contribution in [0.3, 0.4) is 0 Å². The standard InChI is InChI=1S/C20H22N4O4S2/c1-3-12-30(26,27)17-7-5-4-6-16(17)29-13(2)19-23-18(24-28-19)14-8-10-15(11-9-14)22-20(21)25/h4-11,13H,3,12H2,1-2H3,(H3,21,22,25). The fourth-order valence-corrected chi connectivity index (χ4v) is 5.65. The molecule has 0 saturated heterocycles. The number of hydrogen-bond acceptors (Lipinski definition) is 7. The highest BCUT2D eigenvalue weighted by Gasteiger charge is 2.22. The first-order valence-electron chi connectivity index (χ1n) is 9.29. The fourth-order valence-electron chi connectivity index (χ4n) is 2.79. The third-order valence-electron chi connectivity index (χ3n) is 4.16. The number of nitrogens with two attached hydrogens (primary N) is 1. The maximum Gasteiger partial charge on any atom is 0.316 e. The number of nitrogens with zero attached hydrogens (tertiary/aromatic N) is 2. The van der Waals surface area contributed by atoms with Crippen LogP contribution >= 0.6 is 11.8 Å². The highest BCUT2D eigenvalue weighted by molar-refractivity contribution is 8.00. The van der Waals surface area contributed by atoms with E-state index in [1.165, 1.54) is 11.8 Å². The van der Waals surface area contributed by atoms with E-state index in [0.717, 1.165) is 0 Å². The van der Waals surface area contributed by atoms with Crippen LogP contribution < -0.4 is 11.1 Å². The minimum atomic E-state index is -3.35. The molecule has 1 aromatic heterocycles. The molecule has 0 aliphatic heterocycles. The van der Waals surface area contributed by atoms with E-state index in [9.17, 15) is 13.2 Å². The van der Waals surface area contributed by atoms with Gasteiger partial charge in [0.15, 0.2) is 9.84 Å². The molecule has 3 rings (SSSR count). The lowest BCUT2D eigenvalue weighted by atomic mass is 10.2. The summed E-state index contributed by atoms with van der Waals surface area (Å²) in [7, 11) is -3.35. The molecule has 0 fully saturated rings. The summed E-state index contributed by atoms with van der Waals surface area (Å²) >= 11 is 1.36. The Morgan fingerprint density at radius 3 is 2.57 bits per heavy atom. The van der Waals surface area contributed by atoms with Gasteiger partial charge in [-0.3, -0.25) is 0 Å². The Balaban J connectivity index is 1.78. The molecule has 3 N–H and O–H groups in total. The van der Waals surface area contributed by atoms with E-state index in [-0.39, 0.29) is 11.0 Å². The van der Waals surface area contributed by atoms with Crippen LogP contribution in [0.1, 0.15) is 31.4 Å². The van der Waals surface area contributed by atoms with Crippen LogP contribution in [0.2, 0.25) is 0 Å². The summed E-state index contributed by atoms with van der Waals surface area (Å²) in [5.74, 6) is 0.886. The van der Waals surface area contributed by atoms with Gasteiger partial charge in [-0.25, -0.2) is 13.2 Å². The van der Waals surface area contributed by atoms with Gasteiger partial charge in [0.1, 0.15) is 0 Å². The number of carbonyl (C=O) groups is 1. The number of urea groups is 1. The number of primary amides is 1. The number of benzene rings is 2. The lowest BCUT2D eigenvalue weighted by Crippen LogP contribution is -2.19. The van der Waals surface area contributed by atoms with E-state index < -0.39 is 15.9 Å². The Hall–Kier alpha value is -2.85. The van der Waals surface area contributed by atoms with Crippen LogP contribution in [0.4, 0.5) is 10.5 Å². The molecule has 1 heterocycles. The molecule has 0 radical (unpaired) electrons. The number of thioether (sulfide) groups is 1.